The minimum Gasteiger partial charge on any atom is -0.496 e. The van der Waals surface area contributed by atoms with Crippen LogP contribution in [0.15, 0.2) is 103 Å². The molecule has 3 aromatic carbocycles. The molecule has 3 aromatic rings. The first-order valence-corrected chi connectivity index (χ1v) is 13.0. The highest BCUT2D eigenvalue weighted by Gasteiger charge is 2.47. The Balaban J connectivity index is 1.65. The number of carbonyl (C=O) groups excluding carboxylic acids is 2. The molecule has 0 saturated heterocycles. The fraction of sp³-hybridized carbons (Fsp3) is 0.312. The van der Waals surface area contributed by atoms with Crippen molar-refractivity contribution in [3.8, 4) is 0 Å². The molecule has 0 spiro atoms. The summed E-state index contributed by atoms with van der Waals surface area (Å²) in [5, 5.41) is 0. The third kappa shape index (κ3) is 8.53. The summed E-state index contributed by atoms with van der Waals surface area (Å²) in [6, 6.07) is 29.3. The van der Waals surface area contributed by atoms with E-state index < -0.39 is 36.4 Å². The second-order valence-electron chi connectivity index (χ2n) is 9.39. The normalized spacial score (nSPS) is 21.7. The van der Waals surface area contributed by atoms with Crippen molar-refractivity contribution < 1.29 is 33.3 Å². The predicted octanol–water partition coefficient (Wildman–Crippen LogP) is 5.53. The van der Waals surface area contributed by atoms with Crippen molar-refractivity contribution in [3.63, 3.8) is 0 Å². The molecule has 39 heavy (non-hydrogen) atoms. The second kappa shape index (κ2) is 14.3. The molecule has 0 aliphatic heterocycles. The minimum absolute atomic E-state index is 0.249. The van der Waals surface area contributed by atoms with Gasteiger partial charge in [-0.25, -0.2) is 0 Å². The second-order valence-corrected chi connectivity index (χ2v) is 9.39. The Morgan fingerprint density at radius 1 is 0.667 bits per heavy atom. The van der Waals surface area contributed by atoms with Crippen LogP contribution in [0.4, 0.5) is 0 Å². The third-order valence-corrected chi connectivity index (χ3v) is 6.30. The van der Waals surface area contributed by atoms with E-state index in [0.717, 1.165) is 22.3 Å². The summed E-state index contributed by atoms with van der Waals surface area (Å²) in [4.78, 5) is 24.2. The smallest absolute Gasteiger partial charge is 0.303 e. The molecular weight excluding hydrogens is 496 g/mol. The van der Waals surface area contributed by atoms with Crippen molar-refractivity contribution in [2.24, 2.45) is 0 Å². The molecule has 4 rings (SSSR count). The van der Waals surface area contributed by atoms with Crippen molar-refractivity contribution in [1.82, 2.24) is 0 Å². The maximum atomic E-state index is 12.2. The number of esters is 2. The van der Waals surface area contributed by atoms with Gasteiger partial charge < -0.3 is 23.7 Å². The van der Waals surface area contributed by atoms with Crippen LogP contribution in [0.25, 0.3) is 0 Å². The summed E-state index contributed by atoms with van der Waals surface area (Å²) in [5.74, 6) is -0.979. The first-order chi connectivity index (χ1) is 19.0. The van der Waals surface area contributed by atoms with Crippen molar-refractivity contribution in [1.29, 1.82) is 0 Å². The van der Waals surface area contributed by atoms with Crippen LogP contribution >= 0.6 is 0 Å². The zero-order chi connectivity index (χ0) is 27.5. The number of hydrogen-bond donors (Lipinski definition) is 0. The van der Waals surface area contributed by atoms with Gasteiger partial charge in [-0.3, -0.25) is 9.59 Å². The average Bonchev–Trinajstić information content (AvgIpc) is 2.94. The summed E-state index contributed by atoms with van der Waals surface area (Å²) in [5.41, 5.74) is 3.68. The molecular formula is C32H34O7. The quantitative estimate of drug-likeness (QED) is 0.238. The molecule has 0 unspecified atom stereocenters. The van der Waals surface area contributed by atoms with Gasteiger partial charge in [0.15, 0.2) is 6.10 Å². The predicted molar refractivity (Wildman–Crippen MR) is 145 cm³/mol. The van der Waals surface area contributed by atoms with Gasteiger partial charge in [0.25, 0.3) is 0 Å². The van der Waals surface area contributed by atoms with Crippen molar-refractivity contribution in [2.45, 2.75) is 64.5 Å². The Hall–Kier alpha value is -3.94. The first kappa shape index (κ1) is 28.1. The van der Waals surface area contributed by atoms with Crippen LogP contribution in [0.3, 0.4) is 0 Å². The molecule has 7 heteroatoms. The lowest BCUT2D eigenvalue weighted by Crippen LogP contribution is -2.55. The topological polar surface area (TPSA) is 80.3 Å². The van der Waals surface area contributed by atoms with E-state index in [9.17, 15) is 9.59 Å². The molecule has 0 aromatic heterocycles. The summed E-state index contributed by atoms with van der Waals surface area (Å²) in [6.07, 6.45) is -1.11. The molecule has 0 N–H and O–H groups in total. The third-order valence-electron chi connectivity index (χ3n) is 6.30. The fourth-order valence-corrected chi connectivity index (χ4v) is 4.56. The van der Waals surface area contributed by atoms with E-state index in [1.807, 2.05) is 91.0 Å². The number of benzene rings is 3. The van der Waals surface area contributed by atoms with Crippen molar-refractivity contribution >= 4 is 11.9 Å². The van der Waals surface area contributed by atoms with Crippen LogP contribution < -0.4 is 0 Å². The lowest BCUT2D eigenvalue weighted by molar-refractivity contribution is -0.201. The highest BCUT2D eigenvalue weighted by atomic mass is 16.6. The van der Waals surface area contributed by atoms with E-state index in [0.29, 0.717) is 13.2 Å². The van der Waals surface area contributed by atoms with Crippen LogP contribution in [0, 0.1) is 0 Å². The summed E-state index contributed by atoms with van der Waals surface area (Å²) < 4.78 is 30.2. The monoisotopic (exact) mass is 530 g/mol. The van der Waals surface area contributed by atoms with Gasteiger partial charge in [0.1, 0.15) is 24.9 Å². The lowest BCUT2D eigenvalue weighted by atomic mass is 9.85. The van der Waals surface area contributed by atoms with Gasteiger partial charge in [0.2, 0.25) is 0 Å². The molecule has 0 amide bonds. The van der Waals surface area contributed by atoms with Gasteiger partial charge >= 0.3 is 11.9 Å². The molecule has 0 bridgehead atoms. The first-order valence-electron chi connectivity index (χ1n) is 13.0. The summed E-state index contributed by atoms with van der Waals surface area (Å²) in [6.45, 7) is 3.57. The Bertz CT molecular complexity index is 1210. The van der Waals surface area contributed by atoms with Gasteiger partial charge in [0, 0.05) is 20.3 Å². The molecule has 1 fully saturated rings. The van der Waals surface area contributed by atoms with Gasteiger partial charge in [0.05, 0.1) is 19.5 Å². The SMILES string of the molecule is CC(=O)O[C@H]1[C@@H](OCc2ccccc2)[C@H](OCc2ccccc2)/C(=C/OCc2ccccc2)C[C@H]1OC(C)=O. The molecule has 0 heterocycles. The van der Waals surface area contributed by atoms with Gasteiger partial charge in [-0.1, -0.05) is 91.0 Å². The summed E-state index contributed by atoms with van der Waals surface area (Å²) in [7, 11) is 0. The molecule has 204 valence electrons. The van der Waals surface area contributed by atoms with Gasteiger partial charge in [-0.15, -0.1) is 0 Å². The number of carbonyl (C=O) groups is 2. The van der Waals surface area contributed by atoms with E-state index in [2.05, 4.69) is 0 Å². The Morgan fingerprint density at radius 3 is 1.67 bits per heavy atom. The van der Waals surface area contributed by atoms with Crippen LogP contribution in [0.1, 0.15) is 37.0 Å². The molecule has 4 atom stereocenters. The number of hydrogen-bond acceptors (Lipinski definition) is 7. The number of ether oxygens (including phenoxy) is 5. The Labute approximate surface area is 229 Å². The van der Waals surface area contributed by atoms with Crippen molar-refractivity contribution in [3.05, 3.63) is 120 Å². The van der Waals surface area contributed by atoms with E-state index in [1.165, 1.54) is 13.8 Å². The van der Waals surface area contributed by atoms with E-state index in [4.69, 9.17) is 23.7 Å². The zero-order valence-corrected chi connectivity index (χ0v) is 22.2. The maximum Gasteiger partial charge on any atom is 0.303 e. The van der Waals surface area contributed by atoms with Gasteiger partial charge in [-0.2, -0.15) is 0 Å². The van der Waals surface area contributed by atoms with E-state index >= 15 is 0 Å². The largest absolute Gasteiger partial charge is 0.496 e. The zero-order valence-electron chi connectivity index (χ0n) is 22.2. The standard InChI is InChI=1S/C32H34O7/c1-23(33)38-29-18-28(22-35-19-25-12-6-3-7-13-25)30(36-20-26-14-8-4-9-15-26)32(31(29)39-24(2)34)37-21-27-16-10-5-11-17-27/h3-17,22,29-32H,18-21H2,1-2H3/b28-22+/t29-,30-,31-,32+/m1/s1. The van der Waals surface area contributed by atoms with E-state index in [1.54, 1.807) is 6.26 Å². The fourth-order valence-electron chi connectivity index (χ4n) is 4.56. The average molecular weight is 531 g/mol. The highest BCUT2D eigenvalue weighted by molar-refractivity contribution is 5.67. The molecule has 1 saturated carbocycles. The maximum absolute atomic E-state index is 12.2. The van der Waals surface area contributed by atoms with Crippen LogP contribution in [-0.2, 0) is 53.1 Å². The minimum atomic E-state index is -0.873. The van der Waals surface area contributed by atoms with Crippen LogP contribution in [-0.4, -0.2) is 36.4 Å². The lowest BCUT2D eigenvalue weighted by Gasteiger charge is -2.42. The molecule has 7 nitrogen and oxygen atoms in total. The highest BCUT2D eigenvalue weighted by Crippen LogP contribution is 2.35. The summed E-state index contributed by atoms with van der Waals surface area (Å²) >= 11 is 0. The molecule has 1 aliphatic carbocycles. The molecule has 0 radical (unpaired) electrons. The van der Waals surface area contributed by atoms with Crippen LogP contribution in [0.5, 0.6) is 0 Å². The Kier molecular flexibility index (Phi) is 10.3. The van der Waals surface area contributed by atoms with Crippen molar-refractivity contribution in [2.75, 3.05) is 0 Å². The molecule has 1 aliphatic rings. The van der Waals surface area contributed by atoms with Gasteiger partial charge in [-0.05, 0) is 22.3 Å². The van der Waals surface area contributed by atoms with Crippen LogP contribution in [0.2, 0.25) is 0 Å². The van der Waals surface area contributed by atoms with E-state index in [-0.39, 0.29) is 13.0 Å². The Morgan fingerprint density at radius 2 is 1.15 bits per heavy atom. The number of rotatable bonds is 11.